The van der Waals surface area contributed by atoms with E-state index < -0.39 is 0 Å². The molecule has 0 radical (unpaired) electrons. The van der Waals surface area contributed by atoms with Crippen molar-refractivity contribution in [2.45, 2.75) is 38.7 Å². The van der Waals surface area contributed by atoms with Crippen molar-refractivity contribution >= 4 is 11.0 Å². The summed E-state index contributed by atoms with van der Waals surface area (Å²) in [4.78, 5) is 8.75. The number of nitrogens with zero attached hydrogens (tertiary/aromatic N) is 3. The van der Waals surface area contributed by atoms with Crippen LogP contribution in [0.4, 0.5) is 0 Å². The van der Waals surface area contributed by atoms with Crippen LogP contribution in [-0.2, 0) is 0 Å². The summed E-state index contributed by atoms with van der Waals surface area (Å²) in [5, 5.41) is 0. The van der Waals surface area contributed by atoms with Crippen LogP contribution in [0.5, 0.6) is 11.5 Å². The van der Waals surface area contributed by atoms with Gasteiger partial charge in [-0.05, 0) is 50.8 Å². The van der Waals surface area contributed by atoms with Crippen molar-refractivity contribution in [1.29, 1.82) is 0 Å². The van der Waals surface area contributed by atoms with Gasteiger partial charge >= 0.3 is 0 Å². The summed E-state index contributed by atoms with van der Waals surface area (Å²) in [6.45, 7) is 2.00. The molecule has 0 unspecified atom stereocenters. The summed E-state index contributed by atoms with van der Waals surface area (Å²) < 4.78 is 13.8. The Morgan fingerprint density at radius 3 is 2.75 bits per heavy atom. The molecule has 0 spiro atoms. The van der Waals surface area contributed by atoms with Gasteiger partial charge in [0.25, 0.3) is 0 Å². The fourth-order valence-corrected chi connectivity index (χ4v) is 3.46. The molecule has 2 heterocycles. The number of imidazole rings is 1. The Bertz CT molecular complexity index is 866. The minimum absolute atomic E-state index is 0.291. The molecule has 0 N–H and O–H groups in total. The van der Waals surface area contributed by atoms with Gasteiger partial charge in [-0.2, -0.15) is 0 Å². The number of hydrogen-bond acceptors (Lipinski definition) is 4. The number of aromatic nitrogens is 3. The third kappa shape index (κ3) is 2.60. The first-order valence-corrected chi connectivity index (χ1v) is 8.40. The zero-order valence-corrected chi connectivity index (χ0v) is 14.0. The molecule has 24 heavy (non-hydrogen) atoms. The third-order valence-electron chi connectivity index (χ3n) is 4.63. The Kier molecular flexibility index (Phi) is 3.84. The lowest BCUT2D eigenvalue weighted by atomic mass is 10.2. The van der Waals surface area contributed by atoms with Gasteiger partial charge in [0.15, 0.2) is 11.5 Å². The summed E-state index contributed by atoms with van der Waals surface area (Å²) in [6.07, 6.45) is 8.59. The van der Waals surface area contributed by atoms with E-state index in [1.807, 2.05) is 31.2 Å². The zero-order chi connectivity index (χ0) is 16.5. The molecule has 124 valence electrons. The van der Waals surface area contributed by atoms with Crippen LogP contribution in [0.1, 0.15) is 31.5 Å². The molecule has 1 saturated carbocycles. The van der Waals surface area contributed by atoms with Crippen molar-refractivity contribution in [1.82, 2.24) is 14.5 Å². The predicted molar refractivity (Wildman–Crippen MR) is 93.0 cm³/mol. The predicted octanol–water partition coefficient (Wildman–Crippen LogP) is 4.06. The maximum Gasteiger partial charge on any atom is 0.163 e. The van der Waals surface area contributed by atoms with Crippen molar-refractivity contribution in [2.24, 2.45) is 0 Å². The maximum atomic E-state index is 6.22. The van der Waals surface area contributed by atoms with E-state index in [0.29, 0.717) is 6.10 Å². The summed E-state index contributed by atoms with van der Waals surface area (Å²) >= 11 is 0. The van der Waals surface area contributed by atoms with E-state index in [4.69, 9.17) is 9.47 Å². The van der Waals surface area contributed by atoms with E-state index in [1.165, 1.54) is 12.8 Å². The SMILES string of the molecule is COc1ccc(-n2c(C)nc3cnccc32)cc1OC1CCCC1. The highest BCUT2D eigenvalue weighted by Gasteiger charge is 2.19. The Labute approximate surface area is 141 Å². The highest BCUT2D eigenvalue weighted by molar-refractivity contribution is 5.77. The van der Waals surface area contributed by atoms with E-state index in [0.717, 1.165) is 46.9 Å². The number of rotatable bonds is 4. The molecule has 5 heteroatoms. The quantitative estimate of drug-likeness (QED) is 0.726. The zero-order valence-electron chi connectivity index (χ0n) is 14.0. The van der Waals surface area contributed by atoms with Crippen molar-refractivity contribution in [2.75, 3.05) is 7.11 Å². The summed E-state index contributed by atoms with van der Waals surface area (Å²) in [5.41, 5.74) is 2.96. The number of aryl methyl sites for hydroxylation is 1. The van der Waals surface area contributed by atoms with E-state index in [2.05, 4.69) is 14.5 Å². The van der Waals surface area contributed by atoms with Crippen molar-refractivity contribution < 1.29 is 9.47 Å². The van der Waals surface area contributed by atoms with Crippen LogP contribution in [0.3, 0.4) is 0 Å². The molecule has 0 saturated heterocycles. The molecule has 3 aromatic rings. The molecule has 1 fully saturated rings. The number of pyridine rings is 1. The van der Waals surface area contributed by atoms with Gasteiger partial charge < -0.3 is 9.47 Å². The molecule has 2 aromatic heterocycles. The Hall–Kier alpha value is -2.56. The van der Waals surface area contributed by atoms with Crippen molar-refractivity contribution in [3.8, 4) is 17.2 Å². The number of benzene rings is 1. The standard InChI is InChI=1S/C19H21N3O2/c1-13-21-16-12-20-10-9-17(16)22(13)14-7-8-18(23-2)19(11-14)24-15-5-3-4-6-15/h7-12,15H,3-6H2,1-2H3. The third-order valence-corrected chi connectivity index (χ3v) is 4.63. The number of fused-ring (bicyclic) bond motifs is 1. The molecule has 1 aromatic carbocycles. The molecule has 5 nitrogen and oxygen atoms in total. The van der Waals surface area contributed by atoms with Gasteiger partial charge in [0.1, 0.15) is 11.3 Å². The highest BCUT2D eigenvalue weighted by Crippen LogP contribution is 2.34. The van der Waals surface area contributed by atoms with Gasteiger partial charge in [-0.25, -0.2) is 4.98 Å². The Morgan fingerprint density at radius 2 is 1.96 bits per heavy atom. The van der Waals surface area contributed by atoms with Gasteiger partial charge in [0, 0.05) is 12.3 Å². The first-order valence-electron chi connectivity index (χ1n) is 8.40. The maximum absolute atomic E-state index is 6.22. The van der Waals surface area contributed by atoms with E-state index in [9.17, 15) is 0 Å². The second-order valence-electron chi connectivity index (χ2n) is 6.22. The lowest BCUT2D eigenvalue weighted by Crippen LogP contribution is -2.12. The fraction of sp³-hybridized carbons (Fsp3) is 0.368. The molecule has 1 aliphatic carbocycles. The van der Waals surface area contributed by atoms with E-state index >= 15 is 0 Å². The van der Waals surface area contributed by atoms with Crippen LogP contribution in [0.25, 0.3) is 16.7 Å². The second-order valence-corrected chi connectivity index (χ2v) is 6.22. The molecule has 4 rings (SSSR count). The second kappa shape index (κ2) is 6.15. The van der Waals surface area contributed by atoms with Crippen LogP contribution in [-0.4, -0.2) is 27.7 Å². The Morgan fingerprint density at radius 1 is 1.12 bits per heavy atom. The number of methoxy groups -OCH3 is 1. The highest BCUT2D eigenvalue weighted by atomic mass is 16.5. The van der Waals surface area contributed by atoms with Gasteiger partial charge in [-0.3, -0.25) is 9.55 Å². The van der Waals surface area contributed by atoms with Gasteiger partial charge in [0.2, 0.25) is 0 Å². The Balaban J connectivity index is 1.78. The van der Waals surface area contributed by atoms with E-state index in [-0.39, 0.29) is 0 Å². The van der Waals surface area contributed by atoms with Gasteiger partial charge in [-0.1, -0.05) is 0 Å². The molecule has 0 amide bonds. The van der Waals surface area contributed by atoms with Crippen LogP contribution >= 0.6 is 0 Å². The average molecular weight is 323 g/mol. The minimum atomic E-state index is 0.291. The van der Waals surface area contributed by atoms with Crippen LogP contribution in [0.15, 0.2) is 36.7 Å². The fourth-order valence-electron chi connectivity index (χ4n) is 3.46. The first kappa shape index (κ1) is 15.0. The summed E-state index contributed by atoms with van der Waals surface area (Å²) in [7, 11) is 1.68. The van der Waals surface area contributed by atoms with Gasteiger partial charge in [-0.15, -0.1) is 0 Å². The normalized spacial score (nSPS) is 15.1. The summed E-state index contributed by atoms with van der Waals surface area (Å²) in [6, 6.07) is 8.03. The van der Waals surface area contributed by atoms with E-state index in [1.54, 1.807) is 19.5 Å². The lowest BCUT2D eigenvalue weighted by molar-refractivity contribution is 0.201. The van der Waals surface area contributed by atoms with Crippen LogP contribution < -0.4 is 9.47 Å². The van der Waals surface area contributed by atoms with Crippen molar-refractivity contribution in [3.05, 3.63) is 42.5 Å². The summed E-state index contributed by atoms with van der Waals surface area (Å²) in [5.74, 6) is 2.50. The van der Waals surface area contributed by atoms with Crippen LogP contribution in [0, 0.1) is 6.92 Å². The molecule has 0 aliphatic heterocycles. The van der Waals surface area contributed by atoms with Gasteiger partial charge in [0.05, 0.1) is 30.6 Å². The minimum Gasteiger partial charge on any atom is -0.493 e. The molecule has 1 aliphatic rings. The number of hydrogen-bond donors (Lipinski definition) is 0. The van der Waals surface area contributed by atoms with Crippen LogP contribution in [0.2, 0.25) is 0 Å². The largest absolute Gasteiger partial charge is 0.493 e. The molecule has 0 bridgehead atoms. The smallest absolute Gasteiger partial charge is 0.163 e. The first-order chi connectivity index (χ1) is 11.8. The lowest BCUT2D eigenvalue weighted by Gasteiger charge is -2.17. The topological polar surface area (TPSA) is 49.2 Å². The molecular weight excluding hydrogens is 302 g/mol. The van der Waals surface area contributed by atoms with Crippen molar-refractivity contribution in [3.63, 3.8) is 0 Å². The molecular formula is C19H21N3O2. The monoisotopic (exact) mass is 323 g/mol. The number of ether oxygens (including phenoxy) is 2. The average Bonchev–Trinajstić information content (AvgIpc) is 3.21. The molecule has 0 atom stereocenters.